The molecule has 0 fully saturated rings. The maximum absolute atomic E-state index is 13.6. The van der Waals surface area contributed by atoms with Crippen LogP contribution in [0, 0.1) is 5.82 Å². The summed E-state index contributed by atoms with van der Waals surface area (Å²) in [6.45, 7) is -0.0252. The Kier molecular flexibility index (Phi) is 4.27. The molecule has 1 heterocycles. The molecule has 22 heavy (non-hydrogen) atoms. The van der Waals surface area contributed by atoms with E-state index < -0.39 is 5.82 Å². The Bertz CT molecular complexity index is 808. The van der Waals surface area contributed by atoms with Gasteiger partial charge in [0.15, 0.2) is 18.2 Å². The molecule has 1 aromatic heterocycles. The summed E-state index contributed by atoms with van der Waals surface area (Å²) in [7, 11) is 0. The third-order valence-electron chi connectivity index (χ3n) is 2.79. The fraction of sp³-hybridized carbons (Fsp3) is 0.0667. The zero-order valence-corrected chi connectivity index (χ0v) is 12.6. The van der Waals surface area contributed by atoms with Gasteiger partial charge in [-0.25, -0.2) is 4.39 Å². The highest BCUT2D eigenvalue weighted by atomic mass is 35.5. The van der Waals surface area contributed by atoms with Crippen molar-refractivity contribution in [2.75, 3.05) is 0 Å². The number of nitrogens with zero attached hydrogens (tertiary/aromatic N) is 2. The molecule has 0 radical (unpaired) electrons. The minimum atomic E-state index is -0.550. The van der Waals surface area contributed by atoms with Crippen molar-refractivity contribution < 1.29 is 13.7 Å². The fourth-order valence-electron chi connectivity index (χ4n) is 1.79. The van der Waals surface area contributed by atoms with Crippen LogP contribution in [0.2, 0.25) is 10.0 Å². The molecule has 112 valence electrons. The third-order valence-corrected chi connectivity index (χ3v) is 3.26. The van der Waals surface area contributed by atoms with Crippen molar-refractivity contribution in [3.63, 3.8) is 0 Å². The van der Waals surface area contributed by atoms with E-state index in [0.717, 1.165) is 0 Å². The van der Waals surface area contributed by atoms with E-state index in [2.05, 4.69) is 10.1 Å². The molecule has 0 aliphatic heterocycles. The molecular formula is C15H9Cl2FN2O2. The number of hydrogen-bond donors (Lipinski definition) is 0. The van der Waals surface area contributed by atoms with Crippen LogP contribution in [0.15, 0.2) is 47.0 Å². The van der Waals surface area contributed by atoms with Crippen molar-refractivity contribution in [1.29, 1.82) is 0 Å². The molecule has 0 aliphatic carbocycles. The summed E-state index contributed by atoms with van der Waals surface area (Å²) in [6, 6.07) is 11.2. The molecule has 0 amide bonds. The summed E-state index contributed by atoms with van der Waals surface area (Å²) in [5, 5.41) is 4.65. The van der Waals surface area contributed by atoms with E-state index in [4.69, 9.17) is 32.5 Å². The fourth-order valence-corrected chi connectivity index (χ4v) is 2.13. The van der Waals surface area contributed by atoms with Crippen LogP contribution in [0.3, 0.4) is 0 Å². The molecule has 0 saturated heterocycles. The number of rotatable bonds is 4. The zero-order valence-electron chi connectivity index (χ0n) is 11.1. The molecule has 4 nitrogen and oxygen atoms in total. The van der Waals surface area contributed by atoms with Crippen LogP contribution in [0.25, 0.3) is 11.5 Å². The number of ether oxygens (including phenoxy) is 1. The van der Waals surface area contributed by atoms with Crippen molar-refractivity contribution in [2.24, 2.45) is 0 Å². The molecule has 2 aromatic carbocycles. The van der Waals surface area contributed by atoms with Gasteiger partial charge in [0.2, 0.25) is 5.82 Å². The minimum absolute atomic E-state index is 0.0252. The van der Waals surface area contributed by atoms with Crippen molar-refractivity contribution in [1.82, 2.24) is 10.1 Å². The first-order valence-corrected chi connectivity index (χ1v) is 7.04. The Morgan fingerprint density at radius 3 is 2.68 bits per heavy atom. The predicted octanol–water partition coefficient (Wildman–Crippen LogP) is 4.76. The number of aromatic nitrogens is 2. The van der Waals surface area contributed by atoms with E-state index in [1.54, 1.807) is 24.3 Å². The Labute approximate surface area is 135 Å². The lowest BCUT2D eigenvalue weighted by Gasteiger charge is -2.04. The lowest BCUT2D eigenvalue weighted by atomic mass is 10.2. The number of benzene rings is 2. The maximum atomic E-state index is 13.6. The van der Waals surface area contributed by atoms with Crippen molar-refractivity contribution in [3.8, 4) is 17.2 Å². The van der Waals surface area contributed by atoms with Crippen LogP contribution < -0.4 is 4.74 Å². The van der Waals surface area contributed by atoms with Gasteiger partial charge in [-0.15, -0.1) is 0 Å². The smallest absolute Gasteiger partial charge is 0.258 e. The molecule has 0 spiro atoms. The summed E-state index contributed by atoms with van der Waals surface area (Å²) in [5.74, 6) is 0.131. The molecule has 0 unspecified atom stereocenters. The second kappa shape index (κ2) is 6.34. The summed E-state index contributed by atoms with van der Waals surface area (Å²) >= 11 is 11.6. The normalized spacial score (nSPS) is 10.7. The van der Waals surface area contributed by atoms with Gasteiger partial charge in [-0.2, -0.15) is 4.98 Å². The van der Waals surface area contributed by atoms with Gasteiger partial charge in [-0.1, -0.05) is 34.4 Å². The second-order valence-corrected chi connectivity index (χ2v) is 5.26. The SMILES string of the molecule is Fc1cc(Cl)ccc1OCc1noc(-c2cccc(Cl)c2)n1. The van der Waals surface area contributed by atoms with E-state index in [1.807, 2.05) is 0 Å². The van der Waals surface area contributed by atoms with Crippen molar-refractivity contribution in [2.45, 2.75) is 6.61 Å². The van der Waals surface area contributed by atoms with E-state index in [9.17, 15) is 4.39 Å². The summed E-state index contributed by atoms with van der Waals surface area (Å²) in [4.78, 5) is 4.17. The molecule has 0 atom stereocenters. The minimum Gasteiger partial charge on any atom is -0.482 e. The van der Waals surface area contributed by atoms with Gasteiger partial charge in [-0.05, 0) is 36.4 Å². The van der Waals surface area contributed by atoms with Crippen LogP contribution in [-0.2, 0) is 6.61 Å². The first-order chi connectivity index (χ1) is 10.6. The zero-order chi connectivity index (χ0) is 15.5. The van der Waals surface area contributed by atoms with Gasteiger partial charge in [0.25, 0.3) is 5.89 Å². The highest BCUT2D eigenvalue weighted by Crippen LogP contribution is 2.23. The molecular weight excluding hydrogens is 330 g/mol. The Balaban J connectivity index is 1.72. The predicted molar refractivity (Wildman–Crippen MR) is 80.5 cm³/mol. The summed E-state index contributed by atoms with van der Waals surface area (Å²) in [6.07, 6.45) is 0. The largest absolute Gasteiger partial charge is 0.482 e. The second-order valence-electron chi connectivity index (χ2n) is 4.39. The van der Waals surface area contributed by atoms with Crippen molar-refractivity contribution in [3.05, 3.63) is 64.2 Å². The highest BCUT2D eigenvalue weighted by molar-refractivity contribution is 6.31. The standard InChI is InChI=1S/C15H9Cl2FN2O2/c16-10-3-1-2-9(6-10)15-19-14(20-22-15)8-21-13-5-4-11(17)7-12(13)18/h1-7H,8H2. The lowest BCUT2D eigenvalue weighted by molar-refractivity contribution is 0.274. The van der Waals surface area contributed by atoms with Crippen LogP contribution in [0.1, 0.15) is 5.82 Å². The molecule has 0 N–H and O–H groups in total. The summed E-state index contributed by atoms with van der Waals surface area (Å²) in [5.41, 5.74) is 0.698. The maximum Gasteiger partial charge on any atom is 0.258 e. The van der Waals surface area contributed by atoms with Gasteiger partial charge in [0.05, 0.1) is 0 Å². The lowest BCUT2D eigenvalue weighted by Crippen LogP contribution is -1.99. The van der Waals surface area contributed by atoms with E-state index in [0.29, 0.717) is 27.3 Å². The quantitative estimate of drug-likeness (QED) is 0.687. The molecule has 0 aliphatic rings. The summed E-state index contributed by atoms with van der Waals surface area (Å²) < 4.78 is 24.0. The van der Waals surface area contributed by atoms with Gasteiger partial charge >= 0.3 is 0 Å². The van der Waals surface area contributed by atoms with Gasteiger partial charge in [0, 0.05) is 15.6 Å². The van der Waals surface area contributed by atoms with Crippen LogP contribution in [0.4, 0.5) is 4.39 Å². The molecule has 0 saturated carbocycles. The number of hydrogen-bond acceptors (Lipinski definition) is 4. The first kappa shape index (κ1) is 14.8. The third kappa shape index (κ3) is 3.37. The van der Waals surface area contributed by atoms with Gasteiger partial charge in [-0.3, -0.25) is 0 Å². The van der Waals surface area contributed by atoms with E-state index in [1.165, 1.54) is 18.2 Å². The van der Waals surface area contributed by atoms with Crippen molar-refractivity contribution >= 4 is 23.2 Å². The van der Waals surface area contributed by atoms with E-state index in [-0.39, 0.29) is 12.4 Å². The van der Waals surface area contributed by atoms with Crippen LogP contribution >= 0.6 is 23.2 Å². The van der Waals surface area contributed by atoms with Crippen LogP contribution in [-0.4, -0.2) is 10.1 Å². The molecule has 3 rings (SSSR count). The average molecular weight is 339 g/mol. The Hall–Kier alpha value is -2.11. The molecule has 0 bridgehead atoms. The topological polar surface area (TPSA) is 48.2 Å². The van der Waals surface area contributed by atoms with Gasteiger partial charge in [0.1, 0.15) is 0 Å². The highest BCUT2D eigenvalue weighted by Gasteiger charge is 2.11. The average Bonchev–Trinajstić information content (AvgIpc) is 2.95. The number of halogens is 3. The van der Waals surface area contributed by atoms with E-state index >= 15 is 0 Å². The molecule has 3 aromatic rings. The Morgan fingerprint density at radius 2 is 1.91 bits per heavy atom. The molecule has 7 heteroatoms. The Morgan fingerprint density at radius 1 is 1.09 bits per heavy atom. The van der Waals surface area contributed by atoms with Crippen LogP contribution in [0.5, 0.6) is 5.75 Å². The van der Waals surface area contributed by atoms with Gasteiger partial charge < -0.3 is 9.26 Å². The monoisotopic (exact) mass is 338 g/mol. The first-order valence-electron chi connectivity index (χ1n) is 6.28.